The lowest BCUT2D eigenvalue weighted by Gasteiger charge is -2.17. The van der Waals surface area contributed by atoms with E-state index in [4.69, 9.17) is 11.6 Å². The molecule has 0 aliphatic carbocycles. The van der Waals surface area contributed by atoms with Crippen LogP contribution < -0.4 is 10.9 Å². The predicted octanol–water partition coefficient (Wildman–Crippen LogP) is 3.98. The van der Waals surface area contributed by atoms with Gasteiger partial charge in [0, 0.05) is 24.0 Å². The molecule has 2 heterocycles. The number of alkyl halides is 2. The molecule has 144 valence electrons. The van der Waals surface area contributed by atoms with Gasteiger partial charge in [0.05, 0.1) is 12.2 Å². The van der Waals surface area contributed by atoms with E-state index in [1.54, 1.807) is 0 Å². The van der Waals surface area contributed by atoms with E-state index in [-0.39, 0.29) is 22.9 Å². The maximum atomic E-state index is 14.5. The Morgan fingerprint density at radius 1 is 1.21 bits per heavy atom. The summed E-state index contributed by atoms with van der Waals surface area (Å²) in [5, 5.41) is 2.25. The average Bonchev–Trinajstić information content (AvgIpc) is 2.67. The van der Waals surface area contributed by atoms with Crippen LogP contribution in [0.1, 0.15) is 16.7 Å². The molecule has 0 saturated heterocycles. The van der Waals surface area contributed by atoms with Gasteiger partial charge in [0.25, 0.3) is 11.5 Å². The zero-order valence-electron chi connectivity index (χ0n) is 14.8. The van der Waals surface area contributed by atoms with E-state index in [0.717, 1.165) is 17.8 Å². The van der Waals surface area contributed by atoms with Crippen molar-refractivity contribution in [2.75, 3.05) is 5.32 Å². The molecule has 3 aromatic rings. The highest BCUT2D eigenvalue weighted by Crippen LogP contribution is 2.30. The maximum absolute atomic E-state index is 14.5. The van der Waals surface area contributed by atoms with Crippen molar-refractivity contribution in [3.05, 3.63) is 93.1 Å². The van der Waals surface area contributed by atoms with Crippen molar-refractivity contribution in [1.82, 2.24) is 9.55 Å². The number of carbonyl (C=O) groups is 1. The van der Waals surface area contributed by atoms with Crippen LogP contribution in [0.5, 0.6) is 0 Å². The van der Waals surface area contributed by atoms with Crippen molar-refractivity contribution < 1.29 is 13.6 Å². The standard InChI is InChI=1S/C20H16ClF2N3O2/c1-13-9-15(10-24-18(13)21)20(22,23)19(28)25-16-7-8-17(27)26(12-16)11-14-5-3-2-4-6-14/h2-10,12H,11H2,1H3,(H,25,28). The molecule has 3 rings (SSSR count). The minimum Gasteiger partial charge on any atom is -0.319 e. The van der Waals surface area contributed by atoms with Gasteiger partial charge in [0.1, 0.15) is 5.15 Å². The van der Waals surface area contributed by atoms with E-state index in [9.17, 15) is 18.4 Å². The summed E-state index contributed by atoms with van der Waals surface area (Å²) in [6, 6.07) is 12.8. The van der Waals surface area contributed by atoms with E-state index in [1.165, 1.54) is 29.8 Å². The van der Waals surface area contributed by atoms with Gasteiger partial charge in [-0.05, 0) is 30.2 Å². The van der Waals surface area contributed by atoms with Gasteiger partial charge in [-0.1, -0.05) is 41.9 Å². The number of hydrogen-bond donors (Lipinski definition) is 1. The number of aromatic nitrogens is 2. The van der Waals surface area contributed by atoms with Crippen LogP contribution >= 0.6 is 11.6 Å². The van der Waals surface area contributed by atoms with E-state index in [0.29, 0.717) is 5.56 Å². The number of carbonyl (C=O) groups excluding carboxylic acids is 1. The minimum atomic E-state index is -3.82. The Morgan fingerprint density at radius 2 is 1.93 bits per heavy atom. The summed E-state index contributed by atoms with van der Waals surface area (Å²) in [7, 11) is 0. The Kier molecular flexibility index (Phi) is 5.56. The molecule has 0 bridgehead atoms. The van der Waals surface area contributed by atoms with Crippen LogP contribution in [0.4, 0.5) is 14.5 Å². The molecule has 2 aromatic heterocycles. The molecule has 8 heteroatoms. The molecular weight excluding hydrogens is 388 g/mol. The third-order valence-corrected chi connectivity index (χ3v) is 4.49. The first-order chi connectivity index (χ1) is 13.3. The summed E-state index contributed by atoms with van der Waals surface area (Å²) in [4.78, 5) is 27.9. The number of amides is 1. The van der Waals surface area contributed by atoms with Crippen molar-refractivity contribution in [1.29, 1.82) is 0 Å². The summed E-state index contributed by atoms with van der Waals surface area (Å²) < 4.78 is 30.4. The quantitative estimate of drug-likeness (QED) is 0.655. The van der Waals surface area contributed by atoms with Gasteiger partial charge >= 0.3 is 5.92 Å². The first kappa shape index (κ1) is 19.7. The molecule has 0 unspecified atom stereocenters. The number of halogens is 3. The first-order valence-electron chi connectivity index (χ1n) is 8.33. The number of hydrogen-bond acceptors (Lipinski definition) is 3. The van der Waals surface area contributed by atoms with E-state index >= 15 is 0 Å². The molecule has 1 amide bonds. The fourth-order valence-electron chi connectivity index (χ4n) is 2.58. The van der Waals surface area contributed by atoms with Crippen LogP contribution in [0.2, 0.25) is 5.15 Å². The van der Waals surface area contributed by atoms with E-state index in [2.05, 4.69) is 10.3 Å². The number of nitrogens with zero attached hydrogens (tertiary/aromatic N) is 2. The van der Waals surface area contributed by atoms with Crippen molar-refractivity contribution in [3.63, 3.8) is 0 Å². The summed E-state index contributed by atoms with van der Waals surface area (Å²) in [6.45, 7) is 1.77. The fraction of sp³-hybridized carbons (Fsp3) is 0.150. The highest BCUT2D eigenvalue weighted by molar-refractivity contribution is 6.30. The van der Waals surface area contributed by atoms with Crippen molar-refractivity contribution in [2.24, 2.45) is 0 Å². The second kappa shape index (κ2) is 7.90. The summed E-state index contributed by atoms with van der Waals surface area (Å²) in [5.41, 5.74) is 0.402. The lowest BCUT2D eigenvalue weighted by atomic mass is 10.1. The zero-order valence-corrected chi connectivity index (χ0v) is 15.6. The molecule has 0 radical (unpaired) electrons. The van der Waals surface area contributed by atoms with Crippen LogP contribution in [0.3, 0.4) is 0 Å². The predicted molar refractivity (Wildman–Crippen MR) is 103 cm³/mol. The van der Waals surface area contributed by atoms with Gasteiger partial charge in [-0.15, -0.1) is 0 Å². The minimum absolute atomic E-state index is 0.0823. The van der Waals surface area contributed by atoms with Crippen LogP contribution in [0.15, 0.2) is 65.7 Å². The average molecular weight is 404 g/mol. The molecule has 0 aliphatic rings. The molecule has 0 saturated carbocycles. The van der Waals surface area contributed by atoms with Crippen molar-refractivity contribution in [2.45, 2.75) is 19.4 Å². The van der Waals surface area contributed by atoms with Crippen molar-refractivity contribution >= 4 is 23.2 Å². The smallest absolute Gasteiger partial charge is 0.319 e. The third-order valence-electron chi connectivity index (χ3n) is 4.10. The Bertz CT molecular complexity index is 1070. The monoisotopic (exact) mass is 403 g/mol. The van der Waals surface area contributed by atoms with Crippen LogP contribution in [-0.2, 0) is 17.3 Å². The molecule has 1 N–H and O–H groups in total. The van der Waals surface area contributed by atoms with Gasteiger partial charge in [-0.2, -0.15) is 8.78 Å². The largest absolute Gasteiger partial charge is 0.351 e. The molecular formula is C20H16ClF2N3O2. The Hall–Kier alpha value is -3.06. The number of aryl methyl sites for hydroxylation is 1. The topological polar surface area (TPSA) is 64.0 Å². The normalized spacial score (nSPS) is 11.3. The number of pyridine rings is 2. The Morgan fingerprint density at radius 3 is 2.61 bits per heavy atom. The van der Waals surface area contributed by atoms with Gasteiger partial charge < -0.3 is 9.88 Å². The second-order valence-corrected chi connectivity index (χ2v) is 6.59. The second-order valence-electron chi connectivity index (χ2n) is 6.23. The van der Waals surface area contributed by atoms with Gasteiger partial charge in [0.15, 0.2) is 0 Å². The number of rotatable bonds is 5. The van der Waals surface area contributed by atoms with Crippen LogP contribution in [-0.4, -0.2) is 15.5 Å². The number of anilines is 1. The molecule has 1 aromatic carbocycles. The first-order valence-corrected chi connectivity index (χ1v) is 8.71. The molecule has 0 fully saturated rings. The van der Waals surface area contributed by atoms with Gasteiger partial charge in [-0.3, -0.25) is 9.59 Å². The van der Waals surface area contributed by atoms with Crippen LogP contribution in [0.25, 0.3) is 0 Å². The molecule has 0 atom stereocenters. The van der Waals surface area contributed by atoms with Gasteiger partial charge in [0.2, 0.25) is 0 Å². The highest BCUT2D eigenvalue weighted by atomic mass is 35.5. The van der Waals surface area contributed by atoms with E-state index in [1.807, 2.05) is 30.3 Å². The molecule has 0 spiro atoms. The Balaban J connectivity index is 1.82. The molecule has 5 nitrogen and oxygen atoms in total. The highest BCUT2D eigenvalue weighted by Gasteiger charge is 2.41. The number of nitrogens with one attached hydrogen (secondary N) is 1. The molecule has 0 aliphatic heterocycles. The summed E-state index contributed by atoms with van der Waals surface area (Å²) >= 11 is 5.75. The van der Waals surface area contributed by atoms with Crippen LogP contribution in [0, 0.1) is 6.92 Å². The lowest BCUT2D eigenvalue weighted by molar-refractivity contribution is -0.141. The summed E-state index contributed by atoms with van der Waals surface area (Å²) in [6.07, 6.45) is 2.19. The number of benzene rings is 1. The molecule has 28 heavy (non-hydrogen) atoms. The van der Waals surface area contributed by atoms with Crippen molar-refractivity contribution in [3.8, 4) is 0 Å². The Labute approximate surface area is 164 Å². The lowest BCUT2D eigenvalue weighted by Crippen LogP contribution is -2.33. The summed E-state index contributed by atoms with van der Waals surface area (Å²) in [5.74, 6) is -5.34. The van der Waals surface area contributed by atoms with Gasteiger partial charge in [-0.25, -0.2) is 4.98 Å². The zero-order chi connectivity index (χ0) is 20.3. The SMILES string of the molecule is Cc1cc(C(F)(F)C(=O)Nc2ccc(=O)n(Cc3ccccc3)c2)cnc1Cl. The fourth-order valence-corrected chi connectivity index (χ4v) is 2.68. The third kappa shape index (κ3) is 4.26. The maximum Gasteiger partial charge on any atom is 0.351 e. The van der Waals surface area contributed by atoms with E-state index < -0.39 is 17.4 Å².